The Hall–Kier alpha value is -2.37. The van der Waals surface area contributed by atoms with Crippen molar-refractivity contribution in [3.8, 4) is 5.75 Å². The smallest absolute Gasteiger partial charge is 0.165 e. The molecular weight excluding hydrogens is 508 g/mol. The highest BCUT2D eigenvalue weighted by molar-refractivity contribution is 5.94. The van der Waals surface area contributed by atoms with Crippen LogP contribution in [0.1, 0.15) is 88.3 Å². The van der Waals surface area contributed by atoms with Crippen molar-refractivity contribution in [1.29, 1.82) is 0 Å². The fourth-order valence-corrected chi connectivity index (χ4v) is 9.02. The van der Waals surface area contributed by atoms with Crippen molar-refractivity contribution in [3.05, 3.63) is 65.2 Å². The molecule has 0 N–H and O–H groups in total. The van der Waals surface area contributed by atoms with Crippen molar-refractivity contribution < 1.29 is 14.2 Å². The highest BCUT2D eigenvalue weighted by Crippen LogP contribution is 2.63. The van der Waals surface area contributed by atoms with Gasteiger partial charge in [0.25, 0.3) is 0 Å². The van der Waals surface area contributed by atoms with Crippen LogP contribution in [-0.2, 0) is 22.5 Å². The molecule has 0 aromatic heterocycles. The molecule has 1 saturated heterocycles. The van der Waals surface area contributed by atoms with Gasteiger partial charge in [-0.15, -0.1) is 0 Å². The average molecular weight is 559 g/mol. The van der Waals surface area contributed by atoms with Crippen LogP contribution in [0.4, 0.5) is 0 Å². The molecule has 4 aliphatic rings. The zero-order chi connectivity index (χ0) is 28.6. The molecule has 0 spiro atoms. The molecule has 1 heterocycles. The first-order chi connectivity index (χ1) is 19.8. The zero-order valence-electron chi connectivity index (χ0n) is 25.9. The van der Waals surface area contributed by atoms with Crippen molar-refractivity contribution >= 4 is 5.71 Å². The molecule has 3 fully saturated rings. The Morgan fingerprint density at radius 1 is 1.02 bits per heavy atom. The molecule has 0 bridgehead atoms. The van der Waals surface area contributed by atoms with Crippen LogP contribution >= 0.6 is 0 Å². The Morgan fingerprint density at radius 2 is 1.80 bits per heavy atom. The van der Waals surface area contributed by atoms with Crippen LogP contribution in [0.2, 0.25) is 0 Å². The van der Waals surface area contributed by atoms with E-state index in [1.807, 2.05) is 5.01 Å². The highest BCUT2D eigenvalue weighted by atomic mass is 16.7. The van der Waals surface area contributed by atoms with Gasteiger partial charge in [-0.1, -0.05) is 63.1 Å². The van der Waals surface area contributed by atoms with Crippen molar-refractivity contribution in [2.24, 2.45) is 34.2 Å². The van der Waals surface area contributed by atoms with Gasteiger partial charge >= 0.3 is 0 Å². The topological polar surface area (TPSA) is 43.3 Å². The fourth-order valence-electron chi connectivity index (χ4n) is 9.02. The minimum atomic E-state index is -0.435. The summed E-state index contributed by atoms with van der Waals surface area (Å²) in [6.07, 6.45) is 9.45. The maximum Gasteiger partial charge on any atom is 0.165 e. The summed E-state index contributed by atoms with van der Waals surface area (Å²) < 4.78 is 18.3. The number of fused-ring (bicyclic) bond motifs is 5. The van der Waals surface area contributed by atoms with Crippen LogP contribution in [0.15, 0.2) is 53.6 Å². The SMILES string of the molecule is CCC[C@@H]1Cc2cc(OCc3ccccc3)ccc2[C@H]2CC[C@]3(C)/C(=N/N(C)C)[C@H](CCC4(C)OCCO4)C[C@H]3[C@H]12. The van der Waals surface area contributed by atoms with Gasteiger partial charge in [-0.25, -0.2) is 0 Å². The average Bonchev–Trinajstić information content (AvgIpc) is 3.52. The maximum atomic E-state index is 6.28. The molecular formula is C36H50N2O3. The summed E-state index contributed by atoms with van der Waals surface area (Å²) in [4.78, 5) is 0. The lowest BCUT2D eigenvalue weighted by Gasteiger charge is -2.52. The van der Waals surface area contributed by atoms with E-state index in [1.165, 1.54) is 55.4 Å². The largest absolute Gasteiger partial charge is 0.489 e. The monoisotopic (exact) mass is 558 g/mol. The molecule has 2 aromatic rings. The molecule has 2 saturated carbocycles. The molecule has 6 atom stereocenters. The second-order valence-electron chi connectivity index (χ2n) is 13.8. The standard InChI is InChI=1S/C36H50N2O3/c1-6-10-26-21-28-22-29(39-24-25-11-8-7-9-12-25)13-14-30(28)31-16-17-35(2)32(33(26)31)23-27(34(35)37-38(4)5)15-18-36(3)40-19-20-41-36/h7-9,11-14,22,26-27,31-33H,6,10,15-21,23-24H2,1-5H3/b37-34+/t26-,27-,31-,32+,33-,35+/m1/s1. The van der Waals surface area contributed by atoms with Gasteiger partial charge in [0.05, 0.1) is 13.2 Å². The number of hydrogen-bond donors (Lipinski definition) is 0. The van der Waals surface area contributed by atoms with Gasteiger partial charge in [0.15, 0.2) is 5.79 Å². The number of ether oxygens (including phenoxy) is 3. The second kappa shape index (κ2) is 11.7. The second-order valence-corrected chi connectivity index (χ2v) is 13.8. The summed E-state index contributed by atoms with van der Waals surface area (Å²) in [7, 11) is 4.18. The molecule has 2 aromatic carbocycles. The first-order valence-corrected chi connectivity index (χ1v) is 16.1. The molecule has 5 heteroatoms. The predicted octanol–water partition coefficient (Wildman–Crippen LogP) is 7.83. The van der Waals surface area contributed by atoms with Gasteiger partial charge in [0, 0.05) is 37.6 Å². The van der Waals surface area contributed by atoms with E-state index in [0.717, 1.165) is 18.6 Å². The molecule has 3 aliphatic carbocycles. The summed E-state index contributed by atoms with van der Waals surface area (Å²) in [5.41, 5.74) is 5.94. The summed E-state index contributed by atoms with van der Waals surface area (Å²) in [6.45, 7) is 9.08. The van der Waals surface area contributed by atoms with Crippen molar-refractivity contribution in [2.75, 3.05) is 27.3 Å². The number of benzene rings is 2. The summed E-state index contributed by atoms with van der Waals surface area (Å²) >= 11 is 0. The Kier molecular flexibility index (Phi) is 8.22. The van der Waals surface area contributed by atoms with E-state index in [4.69, 9.17) is 19.3 Å². The third kappa shape index (κ3) is 5.69. The van der Waals surface area contributed by atoms with Crippen molar-refractivity contribution in [2.45, 2.75) is 90.4 Å². The van der Waals surface area contributed by atoms with E-state index in [1.54, 1.807) is 5.56 Å². The lowest BCUT2D eigenvalue weighted by atomic mass is 9.52. The maximum absolute atomic E-state index is 6.28. The van der Waals surface area contributed by atoms with Gasteiger partial charge in [-0.3, -0.25) is 0 Å². The molecule has 0 unspecified atom stereocenters. The number of hydrogen-bond acceptors (Lipinski definition) is 5. The lowest BCUT2D eigenvalue weighted by Crippen LogP contribution is -2.46. The minimum Gasteiger partial charge on any atom is -0.489 e. The Balaban J connectivity index is 1.27. The van der Waals surface area contributed by atoms with E-state index in [-0.39, 0.29) is 5.41 Å². The molecule has 5 nitrogen and oxygen atoms in total. The summed E-state index contributed by atoms with van der Waals surface area (Å²) in [5.74, 6) is 3.79. The van der Waals surface area contributed by atoms with Crippen molar-refractivity contribution in [1.82, 2.24) is 5.01 Å². The first kappa shape index (κ1) is 28.7. The lowest BCUT2D eigenvalue weighted by molar-refractivity contribution is -0.148. The minimum absolute atomic E-state index is 0.163. The molecule has 6 rings (SSSR count). The van der Waals surface area contributed by atoms with E-state index >= 15 is 0 Å². The molecule has 1 aliphatic heterocycles. The van der Waals surface area contributed by atoms with E-state index in [2.05, 4.69) is 83.4 Å². The normalized spacial score (nSPS) is 32.8. The third-order valence-corrected chi connectivity index (χ3v) is 10.8. The fraction of sp³-hybridized carbons (Fsp3) is 0.639. The zero-order valence-corrected chi connectivity index (χ0v) is 25.9. The van der Waals surface area contributed by atoms with Gasteiger partial charge in [-0.2, -0.15) is 5.10 Å². The molecule has 41 heavy (non-hydrogen) atoms. The van der Waals surface area contributed by atoms with Gasteiger partial charge in [-0.05, 0) is 91.5 Å². The first-order valence-electron chi connectivity index (χ1n) is 16.1. The van der Waals surface area contributed by atoms with Crippen molar-refractivity contribution in [3.63, 3.8) is 0 Å². The number of rotatable bonds is 9. The van der Waals surface area contributed by atoms with Gasteiger partial charge in [0.2, 0.25) is 0 Å². The van der Waals surface area contributed by atoms with E-state index in [0.29, 0.717) is 49.4 Å². The molecule has 222 valence electrons. The third-order valence-electron chi connectivity index (χ3n) is 10.8. The van der Waals surface area contributed by atoms with Crippen LogP contribution in [0.5, 0.6) is 5.75 Å². The summed E-state index contributed by atoms with van der Waals surface area (Å²) in [6, 6.07) is 17.5. The van der Waals surface area contributed by atoms with Gasteiger partial charge < -0.3 is 19.2 Å². The Morgan fingerprint density at radius 3 is 2.54 bits per heavy atom. The van der Waals surface area contributed by atoms with Crippen LogP contribution in [0.3, 0.4) is 0 Å². The van der Waals surface area contributed by atoms with Crippen LogP contribution in [0, 0.1) is 29.1 Å². The van der Waals surface area contributed by atoms with Crippen LogP contribution in [-0.4, -0.2) is 43.8 Å². The highest BCUT2D eigenvalue weighted by Gasteiger charge is 2.58. The molecule has 0 amide bonds. The molecule has 0 radical (unpaired) electrons. The number of nitrogens with zero attached hydrogens (tertiary/aromatic N) is 2. The van der Waals surface area contributed by atoms with Crippen LogP contribution in [0.25, 0.3) is 0 Å². The van der Waals surface area contributed by atoms with Gasteiger partial charge in [0.1, 0.15) is 12.4 Å². The Bertz CT molecular complexity index is 1220. The Labute approximate surface area is 247 Å². The number of hydrazone groups is 1. The summed E-state index contributed by atoms with van der Waals surface area (Å²) in [5, 5.41) is 7.29. The van der Waals surface area contributed by atoms with E-state index in [9.17, 15) is 0 Å². The van der Waals surface area contributed by atoms with Crippen LogP contribution < -0.4 is 4.74 Å². The van der Waals surface area contributed by atoms with E-state index < -0.39 is 5.79 Å². The quantitative estimate of drug-likeness (QED) is 0.294. The predicted molar refractivity (Wildman–Crippen MR) is 165 cm³/mol.